The molecule has 8 heteroatoms. The molecule has 35 heavy (non-hydrogen) atoms. The predicted molar refractivity (Wildman–Crippen MR) is 137 cm³/mol. The van der Waals surface area contributed by atoms with Crippen molar-refractivity contribution in [1.82, 2.24) is 15.3 Å². The molecule has 0 saturated carbocycles. The predicted octanol–water partition coefficient (Wildman–Crippen LogP) is 3.97. The highest BCUT2D eigenvalue weighted by Crippen LogP contribution is 2.29. The Morgan fingerprint density at radius 2 is 1.83 bits per heavy atom. The van der Waals surface area contributed by atoms with Gasteiger partial charge in [0.15, 0.2) is 0 Å². The lowest BCUT2D eigenvalue weighted by molar-refractivity contribution is 0.0697. The number of ether oxygens (including phenoxy) is 1. The lowest BCUT2D eigenvalue weighted by Gasteiger charge is -2.12. The van der Waals surface area contributed by atoms with E-state index in [2.05, 4.69) is 26.7 Å². The highest BCUT2D eigenvalue weighted by molar-refractivity contribution is 6.10. The van der Waals surface area contributed by atoms with Crippen LogP contribution in [0.1, 0.15) is 34.3 Å². The largest absolute Gasteiger partial charge is 0.478 e. The van der Waals surface area contributed by atoms with Gasteiger partial charge in [0.2, 0.25) is 0 Å². The third kappa shape index (κ3) is 6.51. The normalized spacial score (nSPS) is 11.2. The zero-order valence-corrected chi connectivity index (χ0v) is 19.5. The van der Waals surface area contributed by atoms with Crippen LogP contribution in [0, 0.1) is 0 Å². The average Bonchev–Trinajstić information content (AvgIpc) is 2.89. The van der Waals surface area contributed by atoms with Crippen LogP contribution in [0.2, 0.25) is 0 Å². The molecule has 0 aliphatic heterocycles. The Morgan fingerprint density at radius 1 is 0.943 bits per heavy atom. The Labute approximate surface area is 204 Å². The Hall–Kier alpha value is -3.59. The molecule has 2 aromatic carbocycles. The molecule has 0 bridgehead atoms. The molecular formula is C27H30N4O4. The summed E-state index contributed by atoms with van der Waals surface area (Å²) in [6.45, 7) is 3.58. The van der Waals surface area contributed by atoms with Gasteiger partial charge in [0.05, 0.1) is 24.3 Å². The fourth-order valence-corrected chi connectivity index (χ4v) is 3.98. The molecule has 0 amide bonds. The number of nitrogens with zero attached hydrogens (tertiary/aromatic N) is 2. The van der Waals surface area contributed by atoms with Crippen molar-refractivity contribution in [2.75, 3.05) is 31.6 Å². The lowest BCUT2D eigenvalue weighted by atomic mass is 10.1. The number of carboxylic acids is 1. The average molecular weight is 475 g/mol. The van der Waals surface area contributed by atoms with E-state index in [1.165, 1.54) is 5.56 Å². The summed E-state index contributed by atoms with van der Waals surface area (Å²) in [7, 11) is 0. The number of rotatable bonds is 13. The molecule has 0 atom stereocenters. The maximum Gasteiger partial charge on any atom is 0.335 e. The third-order valence-electron chi connectivity index (χ3n) is 5.78. The number of hydrogen-bond acceptors (Lipinski definition) is 7. The van der Waals surface area contributed by atoms with E-state index in [1.54, 1.807) is 30.6 Å². The van der Waals surface area contributed by atoms with Gasteiger partial charge in [-0.25, -0.2) is 9.78 Å². The standard InChI is InChI=1S/C27H30N4O4/c32-18-20-5-3-4-19(14-20)16-28-9-1-2-12-35-13-11-30-26-23-8-10-29-17-24(23)22-7-6-21(27(33)34)15-25(22)31-26/h3-8,10,14-15,17,28,32H,1-2,9,11-13,16,18H2,(H,30,31)(H,33,34). The number of aromatic nitrogens is 2. The summed E-state index contributed by atoms with van der Waals surface area (Å²) in [6, 6.07) is 14.8. The molecule has 4 N–H and O–H groups in total. The number of aliphatic hydroxyl groups excluding tert-OH is 1. The number of aliphatic hydroxyl groups is 1. The molecule has 0 unspecified atom stereocenters. The van der Waals surface area contributed by atoms with Crippen LogP contribution < -0.4 is 10.6 Å². The monoisotopic (exact) mass is 474 g/mol. The van der Waals surface area contributed by atoms with Gasteiger partial charge >= 0.3 is 5.97 Å². The topological polar surface area (TPSA) is 117 Å². The number of aromatic carboxylic acids is 1. The first-order valence-corrected chi connectivity index (χ1v) is 11.8. The fourth-order valence-electron chi connectivity index (χ4n) is 3.98. The first-order chi connectivity index (χ1) is 17.2. The van der Waals surface area contributed by atoms with Crippen LogP contribution in [0.5, 0.6) is 0 Å². The van der Waals surface area contributed by atoms with E-state index in [-0.39, 0.29) is 12.2 Å². The van der Waals surface area contributed by atoms with Crippen LogP contribution in [-0.4, -0.2) is 52.5 Å². The van der Waals surface area contributed by atoms with E-state index in [4.69, 9.17) is 4.74 Å². The molecule has 182 valence electrons. The zero-order valence-electron chi connectivity index (χ0n) is 19.5. The van der Waals surface area contributed by atoms with Crippen molar-refractivity contribution in [1.29, 1.82) is 0 Å². The molecule has 4 rings (SSSR count). The molecule has 0 radical (unpaired) electrons. The zero-order chi connectivity index (χ0) is 24.5. The number of hydrogen-bond donors (Lipinski definition) is 4. The molecule has 0 saturated heterocycles. The van der Waals surface area contributed by atoms with Crippen LogP contribution in [0.4, 0.5) is 5.82 Å². The Kier molecular flexibility index (Phi) is 8.56. The fraction of sp³-hybridized carbons (Fsp3) is 0.296. The van der Waals surface area contributed by atoms with Gasteiger partial charge in [-0.1, -0.05) is 30.3 Å². The van der Waals surface area contributed by atoms with Gasteiger partial charge in [-0.15, -0.1) is 0 Å². The highest BCUT2D eigenvalue weighted by Gasteiger charge is 2.11. The smallest absolute Gasteiger partial charge is 0.335 e. The van der Waals surface area contributed by atoms with Crippen molar-refractivity contribution in [2.24, 2.45) is 0 Å². The highest BCUT2D eigenvalue weighted by atomic mass is 16.5. The van der Waals surface area contributed by atoms with Crippen molar-refractivity contribution in [3.8, 4) is 0 Å². The van der Waals surface area contributed by atoms with Gasteiger partial charge in [0, 0.05) is 48.2 Å². The molecular weight excluding hydrogens is 444 g/mol. The molecule has 8 nitrogen and oxygen atoms in total. The van der Waals surface area contributed by atoms with E-state index in [0.717, 1.165) is 47.7 Å². The number of anilines is 1. The van der Waals surface area contributed by atoms with Crippen LogP contribution in [0.15, 0.2) is 60.9 Å². The minimum Gasteiger partial charge on any atom is -0.478 e. The van der Waals surface area contributed by atoms with Gasteiger partial charge in [-0.3, -0.25) is 4.98 Å². The summed E-state index contributed by atoms with van der Waals surface area (Å²) in [5.74, 6) is -0.288. The van der Waals surface area contributed by atoms with E-state index < -0.39 is 5.97 Å². The molecule has 2 heterocycles. The molecule has 2 aromatic heterocycles. The molecule has 0 spiro atoms. The number of carbonyl (C=O) groups is 1. The Bertz CT molecular complexity index is 1290. The minimum absolute atomic E-state index is 0.0655. The molecule has 4 aromatic rings. The second kappa shape index (κ2) is 12.2. The summed E-state index contributed by atoms with van der Waals surface area (Å²) < 4.78 is 5.76. The SMILES string of the molecule is O=C(O)c1ccc2c(c1)nc(NCCOCCCCNCc1cccc(CO)c1)c1ccncc12. The number of nitrogens with one attached hydrogen (secondary N) is 2. The van der Waals surface area contributed by atoms with Crippen molar-refractivity contribution in [3.63, 3.8) is 0 Å². The molecule has 0 fully saturated rings. The lowest BCUT2D eigenvalue weighted by Crippen LogP contribution is -2.16. The van der Waals surface area contributed by atoms with Gasteiger partial charge in [0.25, 0.3) is 0 Å². The minimum atomic E-state index is -0.978. The number of pyridine rings is 2. The maximum atomic E-state index is 11.4. The van der Waals surface area contributed by atoms with Crippen LogP contribution >= 0.6 is 0 Å². The Morgan fingerprint density at radius 3 is 2.69 bits per heavy atom. The van der Waals surface area contributed by atoms with Gasteiger partial charge < -0.3 is 25.6 Å². The van der Waals surface area contributed by atoms with E-state index in [0.29, 0.717) is 31.1 Å². The summed E-state index contributed by atoms with van der Waals surface area (Å²) in [5.41, 5.74) is 2.92. The molecule has 0 aliphatic carbocycles. The van der Waals surface area contributed by atoms with Crippen molar-refractivity contribution < 1.29 is 19.7 Å². The summed E-state index contributed by atoms with van der Waals surface area (Å²) >= 11 is 0. The van der Waals surface area contributed by atoms with Crippen molar-refractivity contribution in [3.05, 3.63) is 77.6 Å². The van der Waals surface area contributed by atoms with E-state index >= 15 is 0 Å². The number of carboxylic acid groups (broad SMARTS) is 1. The summed E-state index contributed by atoms with van der Waals surface area (Å²) in [5, 5.41) is 28.0. The van der Waals surface area contributed by atoms with Gasteiger partial charge in [-0.2, -0.15) is 0 Å². The first kappa shape index (κ1) is 24.5. The number of fused-ring (bicyclic) bond motifs is 3. The Balaban J connectivity index is 1.21. The number of unbranched alkanes of at least 4 members (excludes halogenated alkanes) is 1. The summed E-state index contributed by atoms with van der Waals surface area (Å²) in [4.78, 5) is 20.2. The second-order valence-corrected chi connectivity index (χ2v) is 8.32. The van der Waals surface area contributed by atoms with Crippen LogP contribution in [0.3, 0.4) is 0 Å². The van der Waals surface area contributed by atoms with Crippen LogP contribution in [0.25, 0.3) is 21.7 Å². The van der Waals surface area contributed by atoms with Crippen LogP contribution in [-0.2, 0) is 17.9 Å². The van der Waals surface area contributed by atoms with Gasteiger partial charge in [0.1, 0.15) is 5.82 Å². The quantitative estimate of drug-likeness (QED) is 0.170. The molecule has 0 aliphatic rings. The van der Waals surface area contributed by atoms with E-state index in [1.807, 2.05) is 24.3 Å². The summed E-state index contributed by atoms with van der Waals surface area (Å²) in [6.07, 6.45) is 5.48. The second-order valence-electron chi connectivity index (χ2n) is 8.32. The van der Waals surface area contributed by atoms with Crippen molar-refractivity contribution in [2.45, 2.75) is 26.0 Å². The first-order valence-electron chi connectivity index (χ1n) is 11.8. The van der Waals surface area contributed by atoms with Gasteiger partial charge in [-0.05, 0) is 48.7 Å². The van der Waals surface area contributed by atoms with Crippen molar-refractivity contribution >= 4 is 33.5 Å². The number of benzene rings is 2. The maximum absolute atomic E-state index is 11.4. The van der Waals surface area contributed by atoms with E-state index in [9.17, 15) is 15.0 Å². The third-order valence-corrected chi connectivity index (χ3v) is 5.78.